The van der Waals surface area contributed by atoms with Crippen molar-refractivity contribution in [1.29, 1.82) is 5.26 Å². The average Bonchev–Trinajstić information content (AvgIpc) is 3.10. The lowest BCUT2D eigenvalue weighted by Crippen LogP contribution is -1.80. The summed E-state index contributed by atoms with van der Waals surface area (Å²) < 4.78 is 1.91. The van der Waals surface area contributed by atoms with E-state index in [0.29, 0.717) is 15.5 Å². The molecule has 0 saturated heterocycles. The third-order valence-corrected chi connectivity index (χ3v) is 5.33. The molecule has 0 aliphatic heterocycles. The second-order valence-corrected chi connectivity index (χ2v) is 7.27. The monoisotopic (exact) mass is 391 g/mol. The molecule has 3 aromatic rings. The standard InChI is InChI=1S/C14H6BrN3O2S2/c15-9-1-3-12-11(6-9)17-14(22-12)8(7-16)5-10-2-4-13(21-10)18(19)20/h1-6H/b8-5+. The van der Waals surface area contributed by atoms with E-state index in [1.165, 1.54) is 17.4 Å². The maximum atomic E-state index is 10.7. The number of allylic oxidation sites excluding steroid dienone is 1. The minimum Gasteiger partial charge on any atom is -0.258 e. The van der Waals surface area contributed by atoms with Gasteiger partial charge in [-0.05, 0) is 30.3 Å². The van der Waals surface area contributed by atoms with E-state index in [2.05, 4.69) is 27.0 Å². The van der Waals surface area contributed by atoms with Gasteiger partial charge in [0.05, 0.1) is 20.7 Å². The lowest BCUT2D eigenvalue weighted by molar-refractivity contribution is -0.380. The van der Waals surface area contributed by atoms with Crippen LogP contribution >= 0.6 is 38.6 Å². The fourth-order valence-corrected chi connectivity index (χ4v) is 3.84. The fraction of sp³-hybridized carbons (Fsp3) is 0. The second kappa shape index (κ2) is 5.96. The summed E-state index contributed by atoms with van der Waals surface area (Å²) in [4.78, 5) is 15.4. The SMILES string of the molecule is N#C/C(=C\c1ccc([N+](=O)[O-])s1)c1nc2cc(Br)ccc2s1. The Bertz CT molecular complexity index is 953. The third kappa shape index (κ3) is 2.92. The maximum absolute atomic E-state index is 10.7. The Morgan fingerprint density at radius 1 is 1.36 bits per heavy atom. The Balaban J connectivity index is 2.03. The molecule has 1 aromatic carbocycles. The molecule has 2 aromatic heterocycles. The van der Waals surface area contributed by atoms with E-state index in [1.54, 1.807) is 12.1 Å². The quantitative estimate of drug-likeness (QED) is 0.353. The van der Waals surface area contributed by atoms with Crippen molar-refractivity contribution in [2.75, 3.05) is 0 Å². The molecule has 2 heterocycles. The Hall–Kier alpha value is -2.08. The predicted molar refractivity (Wildman–Crippen MR) is 91.8 cm³/mol. The molecule has 22 heavy (non-hydrogen) atoms. The van der Waals surface area contributed by atoms with Gasteiger partial charge in [0.15, 0.2) is 0 Å². The van der Waals surface area contributed by atoms with Crippen molar-refractivity contribution in [1.82, 2.24) is 4.98 Å². The van der Waals surface area contributed by atoms with E-state index in [4.69, 9.17) is 0 Å². The molecule has 0 spiro atoms. The number of halogens is 1. The summed E-state index contributed by atoms with van der Waals surface area (Å²) in [5, 5.41) is 20.7. The van der Waals surface area contributed by atoms with Gasteiger partial charge in [-0.15, -0.1) is 11.3 Å². The number of fused-ring (bicyclic) bond motifs is 1. The predicted octanol–water partition coefficient (Wildman–Crippen LogP) is 5.09. The highest BCUT2D eigenvalue weighted by Crippen LogP contribution is 2.32. The number of thiazole rings is 1. The molecule has 3 rings (SSSR count). The Labute approximate surface area is 141 Å². The fourth-order valence-electron chi connectivity index (χ4n) is 1.82. The molecule has 0 aliphatic rings. The van der Waals surface area contributed by atoms with Crippen LogP contribution < -0.4 is 0 Å². The highest BCUT2D eigenvalue weighted by molar-refractivity contribution is 9.10. The number of nitrogens with zero attached hydrogens (tertiary/aromatic N) is 3. The summed E-state index contributed by atoms with van der Waals surface area (Å²) in [6.07, 6.45) is 1.63. The number of hydrogen-bond donors (Lipinski definition) is 0. The summed E-state index contributed by atoms with van der Waals surface area (Å²) in [6, 6.07) is 10.9. The van der Waals surface area contributed by atoms with Crippen LogP contribution in [0.15, 0.2) is 34.8 Å². The van der Waals surface area contributed by atoms with Crippen molar-refractivity contribution < 1.29 is 4.92 Å². The van der Waals surface area contributed by atoms with Crippen LogP contribution in [0.5, 0.6) is 0 Å². The number of rotatable bonds is 3. The molecule has 108 valence electrons. The van der Waals surface area contributed by atoms with Gasteiger partial charge in [0.2, 0.25) is 0 Å². The highest BCUT2D eigenvalue weighted by atomic mass is 79.9. The van der Waals surface area contributed by atoms with Gasteiger partial charge in [0.25, 0.3) is 0 Å². The largest absolute Gasteiger partial charge is 0.324 e. The van der Waals surface area contributed by atoms with E-state index < -0.39 is 4.92 Å². The zero-order valence-corrected chi connectivity index (χ0v) is 14.0. The summed E-state index contributed by atoms with van der Waals surface area (Å²) in [5.74, 6) is 0. The van der Waals surface area contributed by atoms with Crippen LogP contribution in [0.1, 0.15) is 9.88 Å². The second-order valence-electron chi connectivity index (χ2n) is 4.23. The van der Waals surface area contributed by atoms with E-state index >= 15 is 0 Å². The molecule has 0 radical (unpaired) electrons. The molecular formula is C14H6BrN3O2S2. The lowest BCUT2D eigenvalue weighted by Gasteiger charge is -1.90. The molecule has 0 aliphatic carbocycles. The van der Waals surface area contributed by atoms with E-state index in [1.807, 2.05) is 18.2 Å². The van der Waals surface area contributed by atoms with Crippen molar-refractivity contribution in [2.24, 2.45) is 0 Å². The minimum absolute atomic E-state index is 0.0526. The summed E-state index contributed by atoms with van der Waals surface area (Å²) in [6.45, 7) is 0. The van der Waals surface area contributed by atoms with E-state index in [-0.39, 0.29) is 5.00 Å². The van der Waals surface area contributed by atoms with Gasteiger partial charge >= 0.3 is 5.00 Å². The lowest BCUT2D eigenvalue weighted by atomic mass is 10.2. The van der Waals surface area contributed by atoms with Crippen molar-refractivity contribution in [3.63, 3.8) is 0 Å². The third-order valence-electron chi connectivity index (χ3n) is 2.78. The first kappa shape index (κ1) is 14.8. The van der Waals surface area contributed by atoms with Crippen LogP contribution in [0, 0.1) is 21.4 Å². The van der Waals surface area contributed by atoms with Crippen molar-refractivity contribution >= 4 is 65.5 Å². The molecule has 0 saturated carbocycles. The van der Waals surface area contributed by atoms with Gasteiger partial charge in [-0.1, -0.05) is 27.3 Å². The zero-order chi connectivity index (χ0) is 15.7. The minimum atomic E-state index is -0.441. The summed E-state index contributed by atoms with van der Waals surface area (Å²) >= 11 is 5.84. The first-order valence-electron chi connectivity index (χ1n) is 5.99. The zero-order valence-electron chi connectivity index (χ0n) is 10.8. The molecule has 0 N–H and O–H groups in total. The van der Waals surface area contributed by atoms with Crippen LogP contribution in [0.2, 0.25) is 0 Å². The van der Waals surface area contributed by atoms with Gasteiger partial charge < -0.3 is 0 Å². The van der Waals surface area contributed by atoms with Crippen molar-refractivity contribution in [3.8, 4) is 6.07 Å². The van der Waals surface area contributed by atoms with Crippen molar-refractivity contribution in [3.05, 3.63) is 54.8 Å². The van der Waals surface area contributed by atoms with E-state index in [9.17, 15) is 15.4 Å². The van der Waals surface area contributed by atoms with Gasteiger partial charge in [0, 0.05) is 15.4 Å². The molecule has 5 nitrogen and oxygen atoms in total. The van der Waals surface area contributed by atoms with Crippen LogP contribution in [0.25, 0.3) is 21.9 Å². The number of aromatic nitrogens is 1. The number of nitriles is 1. The number of benzene rings is 1. The van der Waals surface area contributed by atoms with Gasteiger partial charge in [-0.25, -0.2) is 4.98 Å². The molecule has 0 atom stereocenters. The molecular weight excluding hydrogens is 386 g/mol. The summed E-state index contributed by atoms with van der Waals surface area (Å²) in [7, 11) is 0. The number of nitro groups is 1. The molecule has 0 unspecified atom stereocenters. The molecule has 0 amide bonds. The number of hydrogen-bond acceptors (Lipinski definition) is 6. The topological polar surface area (TPSA) is 79.8 Å². The number of thiophene rings is 1. The molecule has 0 bridgehead atoms. The Kier molecular flexibility index (Phi) is 4.02. The first-order valence-corrected chi connectivity index (χ1v) is 8.42. The smallest absolute Gasteiger partial charge is 0.258 e. The normalized spacial score (nSPS) is 11.5. The highest BCUT2D eigenvalue weighted by Gasteiger charge is 2.12. The summed E-state index contributed by atoms with van der Waals surface area (Å²) in [5.41, 5.74) is 1.21. The van der Waals surface area contributed by atoms with Crippen LogP contribution in [-0.4, -0.2) is 9.91 Å². The maximum Gasteiger partial charge on any atom is 0.324 e. The van der Waals surface area contributed by atoms with E-state index in [0.717, 1.165) is 26.0 Å². The van der Waals surface area contributed by atoms with Gasteiger partial charge in [-0.3, -0.25) is 10.1 Å². The van der Waals surface area contributed by atoms with Gasteiger partial charge in [-0.2, -0.15) is 5.26 Å². The van der Waals surface area contributed by atoms with Crippen LogP contribution in [0.3, 0.4) is 0 Å². The van der Waals surface area contributed by atoms with Crippen LogP contribution in [0.4, 0.5) is 5.00 Å². The van der Waals surface area contributed by atoms with Crippen LogP contribution in [-0.2, 0) is 0 Å². The first-order chi connectivity index (χ1) is 10.6. The van der Waals surface area contributed by atoms with Gasteiger partial charge in [0.1, 0.15) is 11.1 Å². The Morgan fingerprint density at radius 3 is 2.86 bits per heavy atom. The van der Waals surface area contributed by atoms with Crippen molar-refractivity contribution in [2.45, 2.75) is 0 Å². The molecule has 8 heteroatoms. The average molecular weight is 392 g/mol. The molecule has 0 fully saturated rings. The Morgan fingerprint density at radius 2 is 2.18 bits per heavy atom.